The lowest BCUT2D eigenvalue weighted by molar-refractivity contribution is -0.132. The molecule has 4 nitrogen and oxygen atoms in total. The molecule has 0 saturated heterocycles. The van der Waals surface area contributed by atoms with Crippen molar-refractivity contribution in [1.29, 1.82) is 0 Å². The van der Waals surface area contributed by atoms with Gasteiger partial charge in [0.1, 0.15) is 11.6 Å². The van der Waals surface area contributed by atoms with Gasteiger partial charge in [0.2, 0.25) is 5.91 Å². The SMILES string of the molecule is COc1ccc2c(c1)CCc1cc(CCC(=O)N3CCc4ccccc4C3)n(CCc3cccc(F)c3)c1-2. The number of rotatable bonds is 7. The summed E-state index contributed by atoms with van der Waals surface area (Å²) in [6.45, 7) is 2.22. The van der Waals surface area contributed by atoms with Crippen LogP contribution in [-0.4, -0.2) is 29.0 Å². The fourth-order valence-corrected chi connectivity index (χ4v) is 6.08. The molecule has 5 heteroatoms. The molecule has 4 aromatic rings. The molecule has 0 bridgehead atoms. The Kier molecular flexibility index (Phi) is 6.75. The van der Waals surface area contributed by atoms with E-state index in [-0.39, 0.29) is 11.7 Å². The maximum Gasteiger partial charge on any atom is 0.223 e. The monoisotopic (exact) mass is 508 g/mol. The van der Waals surface area contributed by atoms with Crippen molar-refractivity contribution < 1.29 is 13.9 Å². The van der Waals surface area contributed by atoms with Gasteiger partial charge in [0.15, 0.2) is 0 Å². The molecule has 0 atom stereocenters. The minimum Gasteiger partial charge on any atom is -0.497 e. The smallest absolute Gasteiger partial charge is 0.223 e. The number of amides is 1. The Hall–Kier alpha value is -3.86. The number of hydrogen-bond acceptors (Lipinski definition) is 2. The van der Waals surface area contributed by atoms with Crippen LogP contribution in [0.25, 0.3) is 11.3 Å². The molecule has 194 valence electrons. The van der Waals surface area contributed by atoms with Crippen LogP contribution in [0.15, 0.2) is 72.8 Å². The lowest BCUT2D eigenvalue weighted by Crippen LogP contribution is -2.36. The van der Waals surface area contributed by atoms with Gasteiger partial charge in [-0.1, -0.05) is 36.4 Å². The van der Waals surface area contributed by atoms with Crippen molar-refractivity contribution in [3.05, 3.63) is 112 Å². The third kappa shape index (κ3) is 4.85. The van der Waals surface area contributed by atoms with E-state index in [1.807, 2.05) is 17.0 Å². The van der Waals surface area contributed by atoms with Crippen molar-refractivity contribution >= 4 is 5.91 Å². The highest BCUT2D eigenvalue weighted by Crippen LogP contribution is 2.38. The van der Waals surface area contributed by atoms with E-state index in [0.717, 1.165) is 50.1 Å². The largest absolute Gasteiger partial charge is 0.497 e. The van der Waals surface area contributed by atoms with Gasteiger partial charge in [-0.2, -0.15) is 0 Å². The molecular weight excluding hydrogens is 475 g/mol. The first-order chi connectivity index (χ1) is 18.6. The van der Waals surface area contributed by atoms with Crippen LogP contribution in [0.1, 0.15) is 39.9 Å². The molecule has 0 N–H and O–H groups in total. The Morgan fingerprint density at radius 3 is 2.55 bits per heavy atom. The summed E-state index contributed by atoms with van der Waals surface area (Å²) < 4.78 is 21.7. The fourth-order valence-electron chi connectivity index (χ4n) is 6.08. The zero-order valence-electron chi connectivity index (χ0n) is 21.9. The number of halogens is 1. The van der Waals surface area contributed by atoms with Crippen molar-refractivity contribution in [3.8, 4) is 17.0 Å². The Labute approximate surface area is 223 Å². The molecule has 0 radical (unpaired) electrons. The third-order valence-corrected chi connectivity index (χ3v) is 8.08. The van der Waals surface area contributed by atoms with E-state index >= 15 is 0 Å². The van der Waals surface area contributed by atoms with E-state index in [4.69, 9.17) is 4.74 Å². The minimum absolute atomic E-state index is 0.205. The van der Waals surface area contributed by atoms with Crippen LogP contribution in [0.4, 0.5) is 4.39 Å². The molecule has 2 aliphatic rings. The van der Waals surface area contributed by atoms with Gasteiger partial charge in [-0.05, 0) is 96.3 Å². The zero-order valence-corrected chi connectivity index (χ0v) is 21.9. The average molecular weight is 509 g/mol. The fraction of sp³-hybridized carbons (Fsp3) is 0.303. The minimum atomic E-state index is -0.205. The molecule has 1 aliphatic carbocycles. The summed E-state index contributed by atoms with van der Waals surface area (Å²) in [6, 6.07) is 23.9. The number of carbonyl (C=O) groups is 1. The molecule has 0 saturated carbocycles. The molecular formula is C33H33FN2O2. The number of fused-ring (bicyclic) bond motifs is 4. The van der Waals surface area contributed by atoms with Crippen LogP contribution < -0.4 is 4.74 Å². The van der Waals surface area contributed by atoms with E-state index in [2.05, 4.69) is 47.0 Å². The normalized spacial score (nSPS) is 14.0. The lowest BCUT2D eigenvalue weighted by Gasteiger charge is -2.29. The predicted molar refractivity (Wildman–Crippen MR) is 148 cm³/mol. The number of nitrogens with zero attached hydrogens (tertiary/aromatic N) is 2. The second-order valence-corrected chi connectivity index (χ2v) is 10.4. The molecule has 1 amide bonds. The topological polar surface area (TPSA) is 34.5 Å². The van der Waals surface area contributed by atoms with Crippen LogP contribution in [0.5, 0.6) is 5.75 Å². The number of aryl methyl sites for hydroxylation is 4. The van der Waals surface area contributed by atoms with Crippen molar-refractivity contribution in [2.45, 2.75) is 51.6 Å². The second-order valence-electron chi connectivity index (χ2n) is 10.4. The van der Waals surface area contributed by atoms with Gasteiger partial charge >= 0.3 is 0 Å². The number of hydrogen-bond donors (Lipinski definition) is 0. The van der Waals surface area contributed by atoms with Crippen molar-refractivity contribution in [1.82, 2.24) is 9.47 Å². The van der Waals surface area contributed by atoms with E-state index in [0.29, 0.717) is 19.4 Å². The lowest BCUT2D eigenvalue weighted by atomic mass is 9.90. The van der Waals surface area contributed by atoms with Crippen molar-refractivity contribution in [2.75, 3.05) is 13.7 Å². The van der Waals surface area contributed by atoms with Crippen LogP contribution in [-0.2, 0) is 50.0 Å². The number of ether oxygens (including phenoxy) is 1. The van der Waals surface area contributed by atoms with Crippen LogP contribution in [0.3, 0.4) is 0 Å². The summed E-state index contributed by atoms with van der Waals surface area (Å²) >= 11 is 0. The Balaban J connectivity index is 1.26. The van der Waals surface area contributed by atoms with Gasteiger partial charge in [-0.15, -0.1) is 0 Å². The molecule has 1 aliphatic heterocycles. The van der Waals surface area contributed by atoms with Gasteiger partial charge in [0.05, 0.1) is 12.8 Å². The molecule has 6 rings (SSSR count). The second kappa shape index (κ2) is 10.5. The summed E-state index contributed by atoms with van der Waals surface area (Å²) in [6.07, 6.45) is 4.76. The highest BCUT2D eigenvalue weighted by molar-refractivity contribution is 5.77. The van der Waals surface area contributed by atoms with Gasteiger partial charge in [0.25, 0.3) is 0 Å². The van der Waals surface area contributed by atoms with Gasteiger partial charge in [0, 0.05) is 37.3 Å². The quantitative estimate of drug-likeness (QED) is 0.300. The molecule has 2 heterocycles. The third-order valence-electron chi connectivity index (χ3n) is 8.08. The first kappa shape index (κ1) is 24.5. The summed E-state index contributed by atoms with van der Waals surface area (Å²) in [5.41, 5.74) is 9.86. The summed E-state index contributed by atoms with van der Waals surface area (Å²) in [5.74, 6) is 0.878. The predicted octanol–water partition coefficient (Wildman–Crippen LogP) is 6.16. The zero-order chi connectivity index (χ0) is 26.1. The Bertz CT molecular complexity index is 1490. The summed E-state index contributed by atoms with van der Waals surface area (Å²) in [7, 11) is 1.70. The standard InChI is InChI=1S/C33H33FN2O2/c1-38-30-12-13-31-25(21-30)9-10-26-20-29(36(33(26)31)18-15-23-5-4-8-28(34)19-23)11-14-32(37)35-17-16-24-6-2-3-7-27(24)22-35/h2-8,12-13,19-21H,9-11,14-18,22H2,1H3. The summed E-state index contributed by atoms with van der Waals surface area (Å²) in [5, 5.41) is 0. The Morgan fingerprint density at radius 2 is 1.71 bits per heavy atom. The molecule has 1 aromatic heterocycles. The van der Waals surface area contributed by atoms with Crippen molar-refractivity contribution in [3.63, 3.8) is 0 Å². The van der Waals surface area contributed by atoms with E-state index in [1.54, 1.807) is 19.2 Å². The van der Waals surface area contributed by atoms with Gasteiger partial charge in [-0.3, -0.25) is 4.79 Å². The highest BCUT2D eigenvalue weighted by Gasteiger charge is 2.25. The van der Waals surface area contributed by atoms with E-state index in [1.165, 1.54) is 45.3 Å². The van der Waals surface area contributed by atoms with Crippen LogP contribution in [0.2, 0.25) is 0 Å². The van der Waals surface area contributed by atoms with Gasteiger partial charge < -0.3 is 14.2 Å². The summed E-state index contributed by atoms with van der Waals surface area (Å²) in [4.78, 5) is 15.3. The maximum absolute atomic E-state index is 13.9. The average Bonchev–Trinajstić information content (AvgIpc) is 3.32. The molecule has 0 fully saturated rings. The molecule has 0 unspecified atom stereocenters. The van der Waals surface area contributed by atoms with Crippen LogP contribution in [0, 0.1) is 5.82 Å². The Morgan fingerprint density at radius 1 is 0.868 bits per heavy atom. The first-order valence-electron chi connectivity index (χ1n) is 13.6. The number of methoxy groups -OCH3 is 1. The van der Waals surface area contributed by atoms with Crippen molar-refractivity contribution in [2.24, 2.45) is 0 Å². The maximum atomic E-state index is 13.9. The number of benzene rings is 3. The van der Waals surface area contributed by atoms with E-state index < -0.39 is 0 Å². The number of carbonyl (C=O) groups excluding carboxylic acids is 1. The molecule has 0 spiro atoms. The molecule has 3 aromatic carbocycles. The van der Waals surface area contributed by atoms with Crippen LogP contribution >= 0.6 is 0 Å². The van der Waals surface area contributed by atoms with Gasteiger partial charge in [-0.25, -0.2) is 4.39 Å². The first-order valence-corrected chi connectivity index (χ1v) is 13.6. The number of aromatic nitrogens is 1. The van der Waals surface area contributed by atoms with E-state index in [9.17, 15) is 9.18 Å². The highest BCUT2D eigenvalue weighted by atomic mass is 19.1. The molecule has 38 heavy (non-hydrogen) atoms.